The van der Waals surface area contributed by atoms with E-state index in [9.17, 15) is 4.57 Å². The van der Waals surface area contributed by atoms with Crippen molar-refractivity contribution in [3.05, 3.63) is 0 Å². The Morgan fingerprint density at radius 3 is 1.29 bits per heavy atom. The summed E-state index contributed by atoms with van der Waals surface area (Å²) in [7, 11) is -2.40. The molecule has 0 bridgehead atoms. The van der Waals surface area contributed by atoms with E-state index in [1.807, 2.05) is 0 Å². The van der Waals surface area contributed by atoms with Crippen LogP contribution in [0.1, 0.15) is 41.5 Å². The van der Waals surface area contributed by atoms with E-state index >= 15 is 0 Å². The third-order valence-corrected chi connectivity index (χ3v) is 1.09. The van der Waals surface area contributed by atoms with Crippen molar-refractivity contribution >= 4 is 8.25 Å². The summed E-state index contributed by atoms with van der Waals surface area (Å²) in [6, 6.07) is 0. The molecule has 0 aliphatic heterocycles. The molecule has 0 saturated heterocycles. The summed E-state index contributed by atoms with van der Waals surface area (Å²) >= 11 is 0. The lowest BCUT2D eigenvalue weighted by Gasteiger charge is -2.13. The molecule has 0 radical (unpaired) electrons. The molecule has 0 aromatic rings. The highest BCUT2D eigenvalue weighted by atomic mass is 31.1. The normalized spacial score (nSPS) is 13.0. The van der Waals surface area contributed by atoms with Crippen LogP contribution < -0.4 is 0 Å². The number of hydrogen-bond acceptors (Lipinski definition) is 5. The van der Waals surface area contributed by atoms with Crippen LogP contribution in [-0.4, -0.2) is 11.2 Å². The Morgan fingerprint density at radius 1 is 0.786 bits per heavy atom. The van der Waals surface area contributed by atoms with Gasteiger partial charge < -0.3 is 0 Å². The maximum Gasteiger partial charge on any atom is 0.759 e. The van der Waals surface area contributed by atoms with Gasteiger partial charge in [-0.05, 0) is 41.5 Å². The zero-order chi connectivity index (χ0) is 11.4. The summed E-state index contributed by atoms with van der Waals surface area (Å²) in [5, 5.41) is 0. The predicted octanol–water partition coefficient (Wildman–Crippen LogP) is 3.14. The second-order valence-electron chi connectivity index (χ2n) is 4.76. The first-order valence-corrected chi connectivity index (χ1v) is 5.38. The van der Waals surface area contributed by atoms with Crippen LogP contribution >= 0.6 is 8.25 Å². The highest BCUT2D eigenvalue weighted by molar-refractivity contribution is 7.32. The van der Waals surface area contributed by atoms with Gasteiger partial charge in [0.1, 0.15) is 11.2 Å². The van der Waals surface area contributed by atoms with Crippen LogP contribution in [-0.2, 0) is 23.7 Å². The van der Waals surface area contributed by atoms with Crippen LogP contribution in [0.2, 0.25) is 0 Å². The molecule has 0 spiro atoms. The van der Waals surface area contributed by atoms with Gasteiger partial charge >= 0.3 is 8.25 Å². The second kappa shape index (κ2) is 5.14. The van der Waals surface area contributed by atoms with Gasteiger partial charge in [-0.15, -0.1) is 0 Å². The largest absolute Gasteiger partial charge is 0.759 e. The molecule has 0 heterocycles. The Labute approximate surface area is 85.5 Å². The summed E-state index contributed by atoms with van der Waals surface area (Å²) in [4.78, 5) is 9.54. The van der Waals surface area contributed by atoms with Crippen molar-refractivity contribution in [3.63, 3.8) is 0 Å². The SMILES string of the molecule is CC(C)(C)OO[P+](=O)OOC(C)(C)C. The molecule has 14 heavy (non-hydrogen) atoms. The number of hydrogen-bond donors (Lipinski definition) is 0. The maximum absolute atomic E-state index is 11.0. The van der Waals surface area contributed by atoms with Crippen LogP contribution in [0.3, 0.4) is 0 Å². The van der Waals surface area contributed by atoms with E-state index in [1.54, 1.807) is 41.5 Å². The number of rotatable bonds is 4. The van der Waals surface area contributed by atoms with Crippen molar-refractivity contribution < 1.29 is 23.7 Å². The van der Waals surface area contributed by atoms with Crippen molar-refractivity contribution in [1.82, 2.24) is 0 Å². The molecule has 84 valence electrons. The van der Waals surface area contributed by atoms with Crippen molar-refractivity contribution in [2.45, 2.75) is 52.7 Å². The van der Waals surface area contributed by atoms with Gasteiger partial charge in [0.15, 0.2) is 0 Å². The van der Waals surface area contributed by atoms with E-state index in [2.05, 4.69) is 9.35 Å². The van der Waals surface area contributed by atoms with Gasteiger partial charge in [0.05, 0.1) is 9.35 Å². The van der Waals surface area contributed by atoms with Gasteiger partial charge in [-0.2, -0.15) is 9.78 Å². The molecule has 6 heteroatoms. The average molecular weight is 225 g/mol. The molecule has 0 atom stereocenters. The van der Waals surface area contributed by atoms with Gasteiger partial charge in [0, 0.05) is 4.57 Å². The molecule has 0 amide bonds. The third kappa shape index (κ3) is 10.0. The van der Waals surface area contributed by atoms with Crippen LogP contribution in [0, 0.1) is 0 Å². The fraction of sp³-hybridized carbons (Fsp3) is 1.00. The molecule has 0 saturated carbocycles. The molecule has 0 aliphatic carbocycles. The minimum absolute atomic E-state index is 0.532. The van der Waals surface area contributed by atoms with E-state index in [-0.39, 0.29) is 0 Å². The molecule has 0 aromatic carbocycles. The zero-order valence-corrected chi connectivity index (χ0v) is 10.4. The first-order chi connectivity index (χ1) is 6.10. The molecule has 0 fully saturated rings. The topological polar surface area (TPSA) is 54.0 Å². The van der Waals surface area contributed by atoms with Crippen LogP contribution in [0.15, 0.2) is 0 Å². The lowest BCUT2D eigenvalue weighted by atomic mass is 10.2. The average Bonchev–Trinajstić information content (AvgIpc) is 1.94. The van der Waals surface area contributed by atoms with Gasteiger partial charge in [0.25, 0.3) is 0 Å². The molecule has 0 unspecified atom stereocenters. The summed E-state index contributed by atoms with van der Waals surface area (Å²) in [5.74, 6) is 0. The summed E-state index contributed by atoms with van der Waals surface area (Å²) < 4.78 is 19.9. The summed E-state index contributed by atoms with van der Waals surface area (Å²) in [6.45, 7) is 10.6. The highest BCUT2D eigenvalue weighted by Crippen LogP contribution is 2.29. The molecule has 0 aliphatic rings. The van der Waals surface area contributed by atoms with E-state index in [4.69, 9.17) is 9.78 Å². The van der Waals surface area contributed by atoms with Crippen LogP contribution in [0.25, 0.3) is 0 Å². The fourth-order valence-corrected chi connectivity index (χ4v) is 0.891. The predicted molar refractivity (Wildman–Crippen MR) is 51.5 cm³/mol. The van der Waals surface area contributed by atoms with E-state index in [0.717, 1.165) is 0 Å². The van der Waals surface area contributed by atoms with Gasteiger partial charge in [-0.3, -0.25) is 0 Å². The van der Waals surface area contributed by atoms with Crippen molar-refractivity contribution in [2.75, 3.05) is 0 Å². The first-order valence-electron chi connectivity index (χ1n) is 4.29. The van der Waals surface area contributed by atoms with Gasteiger partial charge in [-0.1, -0.05) is 0 Å². The van der Waals surface area contributed by atoms with E-state index in [1.165, 1.54) is 0 Å². The van der Waals surface area contributed by atoms with Crippen LogP contribution in [0.5, 0.6) is 0 Å². The summed E-state index contributed by atoms with van der Waals surface area (Å²) in [5.41, 5.74) is -1.06. The smallest absolute Gasteiger partial charge is 0.181 e. The highest BCUT2D eigenvalue weighted by Gasteiger charge is 2.31. The zero-order valence-electron chi connectivity index (χ0n) is 9.49. The Balaban J connectivity index is 3.68. The summed E-state index contributed by atoms with van der Waals surface area (Å²) in [6.07, 6.45) is 0. The lowest BCUT2D eigenvalue weighted by Crippen LogP contribution is -2.19. The van der Waals surface area contributed by atoms with Crippen LogP contribution in [0.4, 0.5) is 0 Å². The Kier molecular flexibility index (Phi) is 5.12. The molecular weight excluding hydrogens is 207 g/mol. The molecule has 5 nitrogen and oxygen atoms in total. The Hall–Kier alpha value is -0.0600. The van der Waals surface area contributed by atoms with Gasteiger partial charge in [0.2, 0.25) is 0 Å². The monoisotopic (exact) mass is 225 g/mol. The minimum Gasteiger partial charge on any atom is -0.181 e. The quantitative estimate of drug-likeness (QED) is 0.418. The molecule has 0 rings (SSSR count). The Bertz CT molecular complexity index is 171. The molecule has 0 aromatic heterocycles. The van der Waals surface area contributed by atoms with E-state index < -0.39 is 19.5 Å². The molecule has 0 N–H and O–H groups in total. The van der Waals surface area contributed by atoms with Crippen molar-refractivity contribution in [1.29, 1.82) is 0 Å². The standard InChI is InChI=1S/C8H18O5P/c1-7(2,3)10-12-14(9)13-11-8(4,5)6/h1-6H3/q+1. The first kappa shape index (κ1) is 13.9. The third-order valence-electron chi connectivity index (χ3n) is 0.696. The van der Waals surface area contributed by atoms with Crippen molar-refractivity contribution in [3.8, 4) is 0 Å². The fourth-order valence-electron chi connectivity index (χ4n) is 0.297. The lowest BCUT2D eigenvalue weighted by molar-refractivity contribution is -0.319. The van der Waals surface area contributed by atoms with E-state index in [0.29, 0.717) is 0 Å². The minimum atomic E-state index is -2.40. The molecular formula is C8H18O5P+. The Morgan fingerprint density at radius 2 is 1.07 bits per heavy atom. The maximum atomic E-state index is 11.0. The van der Waals surface area contributed by atoms with Gasteiger partial charge in [-0.25, -0.2) is 0 Å². The second-order valence-corrected chi connectivity index (χ2v) is 5.51. The van der Waals surface area contributed by atoms with Crippen molar-refractivity contribution in [2.24, 2.45) is 0 Å².